The van der Waals surface area contributed by atoms with Crippen molar-refractivity contribution in [1.29, 1.82) is 0 Å². The standard InChI is InChI=1S/C64H51BN2OS2/c1-35-28-53(36-16-10-9-11-17-36)70-54-34-50-47(31-41(35)54)65-59-56(43-29-42-39-18-13-15-21-52(39)69-55(42)33-49(43)67(65)38-24-22-37(23-25-38)62(2,3)4)57-40-19-12-14-20-51(40)68-61(57)58-44-30-45-46(32-48(44)66(50)60(58)59)64(7,8)27-26-63(45,5)6/h9-25,28-34H,1,26-27H2,2-8H3. The Morgan fingerprint density at radius 2 is 1.37 bits per heavy atom. The van der Waals surface area contributed by atoms with E-state index < -0.39 is 0 Å². The average molecular weight is 939 g/mol. The first-order valence-corrected chi connectivity index (χ1v) is 26.6. The van der Waals surface area contributed by atoms with Crippen molar-refractivity contribution >= 4 is 127 Å². The molecule has 0 bridgehead atoms. The van der Waals surface area contributed by atoms with Gasteiger partial charge >= 0.3 is 6.85 Å². The molecule has 3 aromatic heterocycles. The Balaban J connectivity index is 1.16. The molecule has 1 aliphatic carbocycles. The molecule has 0 amide bonds. The zero-order valence-electron chi connectivity index (χ0n) is 40.7. The van der Waals surface area contributed by atoms with Crippen molar-refractivity contribution in [3.05, 3.63) is 180 Å². The number of thiophene rings is 1. The average Bonchev–Trinajstić information content (AvgIpc) is 4.03. The number of nitrogens with zero attached hydrogens (tertiary/aromatic N) is 2. The smallest absolute Gasteiger partial charge is 0.333 e. The Kier molecular flexibility index (Phi) is 8.09. The number of thioether (sulfide) groups is 1. The number of anilines is 2. The largest absolute Gasteiger partial charge is 0.455 e. The van der Waals surface area contributed by atoms with Gasteiger partial charge in [-0.2, -0.15) is 0 Å². The number of rotatable bonds is 2. The van der Waals surface area contributed by atoms with Crippen molar-refractivity contribution < 1.29 is 4.42 Å². The van der Waals surface area contributed by atoms with Crippen LogP contribution < -0.4 is 15.7 Å². The molecule has 4 aliphatic rings. The quantitative estimate of drug-likeness (QED) is 0.161. The highest BCUT2D eigenvalue weighted by Crippen LogP contribution is 2.56. The van der Waals surface area contributed by atoms with Gasteiger partial charge in [0.1, 0.15) is 11.2 Å². The van der Waals surface area contributed by atoms with Gasteiger partial charge in [0, 0.05) is 68.8 Å². The van der Waals surface area contributed by atoms with Crippen LogP contribution in [0.25, 0.3) is 91.2 Å². The monoisotopic (exact) mass is 938 g/mol. The lowest BCUT2D eigenvalue weighted by Gasteiger charge is -2.43. The third-order valence-corrected chi connectivity index (χ3v) is 19.0. The molecule has 11 aromatic rings. The van der Waals surface area contributed by atoms with E-state index in [2.05, 4.69) is 203 Å². The van der Waals surface area contributed by atoms with Crippen LogP contribution in [0, 0.1) is 0 Å². The van der Waals surface area contributed by atoms with Crippen LogP contribution in [0.3, 0.4) is 0 Å². The number of fused-ring (bicyclic) bond motifs is 18. The molecule has 15 rings (SSSR count). The number of allylic oxidation sites excluding steroid dienone is 2. The lowest BCUT2D eigenvalue weighted by atomic mass is 9.43. The fraction of sp³-hybridized carbons (Fsp3) is 0.188. The van der Waals surface area contributed by atoms with Crippen LogP contribution in [0.5, 0.6) is 0 Å². The molecule has 0 saturated heterocycles. The molecular weight excluding hydrogens is 888 g/mol. The molecule has 6 heteroatoms. The Bertz CT molecular complexity index is 4210. The first-order chi connectivity index (χ1) is 33.7. The van der Waals surface area contributed by atoms with E-state index in [0.717, 1.165) is 35.0 Å². The van der Waals surface area contributed by atoms with Crippen molar-refractivity contribution in [2.45, 2.75) is 82.4 Å². The van der Waals surface area contributed by atoms with Gasteiger partial charge in [-0.15, -0.1) is 11.3 Å². The summed E-state index contributed by atoms with van der Waals surface area (Å²) in [4.78, 5) is 5.16. The fourth-order valence-electron chi connectivity index (χ4n) is 12.9. The summed E-state index contributed by atoms with van der Waals surface area (Å²) in [6.07, 6.45) is 4.59. The third-order valence-electron chi connectivity index (χ3n) is 16.7. The Morgan fingerprint density at radius 3 is 2.14 bits per heavy atom. The minimum absolute atomic E-state index is 0.0121. The van der Waals surface area contributed by atoms with Crippen LogP contribution in [-0.4, -0.2) is 11.4 Å². The molecule has 3 aliphatic heterocycles. The van der Waals surface area contributed by atoms with E-state index >= 15 is 0 Å². The number of para-hydroxylation sites is 1. The van der Waals surface area contributed by atoms with Crippen LogP contribution in [-0.2, 0) is 16.2 Å². The second-order valence-electron chi connectivity index (χ2n) is 22.8. The van der Waals surface area contributed by atoms with Gasteiger partial charge in [-0.1, -0.05) is 152 Å². The maximum atomic E-state index is 7.37. The van der Waals surface area contributed by atoms with Gasteiger partial charge in [0.05, 0.1) is 16.4 Å². The molecule has 0 spiro atoms. The number of hydrogen-bond acceptors (Lipinski definition) is 4. The summed E-state index contributed by atoms with van der Waals surface area (Å²) in [5.41, 5.74) is 20.9. The highest BCUT2D eigenvalue weighted by molar-refractivity contribution is 8.08. The van der Waals surface area contributed by atoms with Crippen LogP contribution in [0.2, 0.25) is 0 Å². The summed E-state index contributed by atoms with van der Waals surface area (Å²) in [6.45, 7) is 21.4. The van der Waals surface area contributed by atoms with Gasteiger partial charge in [-0.3, -0.25) is 0 Å². The van der Waals surface area contributed by atoms with Crippen molar-refractivity contribution in [3.63, 3.8) is 0 Å². The fourth-order valence-corrected chi connectivity index (χ4v) is 15.2. The second-order valence-corrected chi connectivity index (χ2v) is 24.9. The lowest BCUT2D eigenvalue weighted by Crippen LogP contribution is -2.60. The molecule has 338 valence electrons. The molecule has 0 fully saturated rings. The van der Waals surface area contributed by atoms with E-state index in [1.54, 1.807) is 0 Å². The molecule has 0 saturated carbocycles. The zero-order chi connectivity index (χ0) is 47.3. The number of aromatic nitrogens is 1. The summed E-state index contributed by atoms with van der Waals surface area (Å²) < 4.78 is 12.6. The Labute approximate surface area is 417 Å². The molecule has 0 atom stereocenters. The summed E-state index contributed by atoms with van der Waals surface area (Å²) >= 11 is 3.77. The van der Waals surface area contributed by atoms with Crippen molar-refractivity contribution in [1.82, 2.24) is 4.57 Å². The second kappa shape index (κ2) is 13.8. The topological polar surface area (TPSA) is 21.3 Å². The molecule has 0 unspecified atom stereocenters. The summed E-state index contributed by atoms with van der Waals surface area (Å²) in [5.74, 6) is 0. The molecule has 3 nitrogen and oxygen atoms in total. The maximum Gasteiger partial charge on any atom is 0.333 e. The number of furan rings is 1. The highest BCUT2D eigenvalue weighted by Gasteiger charge is 2.48. The number of benzene rings is 8. The summed E-state index contributed by atoms with van der Waals surface area (Å²) in [5, 5.41) is 7.45. The van der Waals surface area contributed by atoms with Gasteiger partial charge in [0.2, 0.25) is 0 Å². The Hall–Kier alpha value is -6.73. The van der Waals surface area contributed by atoms with Crippen LogP contribution >= 0.6 is 23.1 Å². The van der Waals surface area contributed by atoms with E-state index in [4.69, 9.17) is 11.0 Å². The van der Waals surface area contributed by atoms with Crippen LogP contribution in [0.15, 0.2) is 161 Å². The van der Waals surface area contributed by atoms with Gasteiger partial charge < -0.3 is 13.8 Å². The van der Waals surface area contributed by atoms with E-state index in [9.17, 15) is 0 Å². The third kappa shape index (κ3) is 5.44. The first kappa shape index (κ1) is 41.1. The van der Waals surface area contributed by atoms with Crippen molar-refractivity contribution in [2.75, 3.05) is 4.81 Å². The van der Waals surface area contributed by atoms with Gasteiger partial charge in [-0.25, -0.2) is 0 Å². The predicted octanol–water partition coefficient (Wildman–Crippen LogP) is 17.1. The SMILES string of the molecule is C=C1C=C(c2ccccc2)Sc2cc3c(cc21)B1c2c(c4c5ccccc5oc4c4c5cc6c(cc5n-3c24)C(C)(C)CCC6(C)C)-c2cc3c(cc2N1c1ccc(C(C)(C)C)cc1)sc1ccccc13. The molecule has 0 N–H and O–H groups in total. The normalized spacial score (nSPS) is 16.6. The molecule has 6 heterocycles. The van der Waals surface area contributed by atoms with Gasteiger partial charge in [0.15, 0.2) is 0 Å². The van der Waals surface area contributed by atoms with Crippen LogP contribution in [0.4, 0.5) is 11.4 Å². The van der Waals surface area contributed by atoms with Crippen molar-refractivity contribution in [3.8, 4) is 16.8 Å². The zero-order valence-corrected chi connectivity index (χ0v) is 42.3. The molecule has 70 heavy (non-hydrogen) atoms. The van der Waals surface area contributed by atoms with Gasteiger partial charge in [-0.05, 0) is 140 Å². The molecular formula is C64H51BN2OS2. The highest BCUT2D eigenvalue weighted by atomic mass is 32.2. The lowest BCUT2D eigenvalue weighted by molar-refractivity contribution is 0.332. The van der Waals surface area contributed by atoms with E-state index in [-0.39, 0.29) is 23.1 Å². The van der Waals surface area contributed by atoms with Crippen LogP contribution in [0.1, 0.15) is 89.1 Å². The Morgan fingerprint density at radius 1 is 0.657 bits per heavy atom. The minimum Gasteiger partial charge on any atom is -0.455 e. The van der Waals surface area contributed by atoms with Crippen molar-refractivity contribution in [2.24, 2.45) is 0 Å². The summed E-state index contributed by atoms with van der Waals surface area (Å²) in [6, 6.07) is 53.3. The molecule has 0 radical (unpaired) electrons. The first-order valence-electron chi connectivity index (χ1n) is 24.9. The number of hydrogen-bond donors (Lipinski definition) is 0. The van der Waals surface area contributed by atoms with Gasteiger partial charge in [0.25, 0.3) is 0 Å². The minimum atomic E-state index is -0.174. The predicted molar refractivity (Wildman–Crippen MR) is 303 cm³/mol. The van der Waals surface area contributed by atoms with E-state index in [1.165, 1.54) is 124 Å². The maximum absolute atomic E-state index is 7.37. The van der Waals surface area contributed by atoms with E-state index in [0.29, 0.717) is 0 Å². The molecule has 8 aromatic carbocycles. The summed E-state index contributed by atoms with van der Waals surface area (Å²) in [7, 11) is 0. The van der Waals surface area contributed by atoms with E-state index in [1.807, 2.05) is 23.1 Å².